The van der Waals surface area contributed by atoms with E-state index in [0.29, 0.717) is 25.2 Å². The molecule has 132 valence electrons. The number of nitrogens with zero attached hydrogens (tertiary/aromatic N) is 3. The molecule has 0 radical (unpaired) electrons. The first-order valence-corrected chi connectivity index (χ1v) is 9.46. The third-order valence-corrected chi connectivity index (χ3v) is 6.72. The van der Waals surface area contributed by atoms with Gasteiger partial charge in [-0.25, -0.2) is 0 Å². The Balaban J connectivity index is 1.83. The van der Waals surface area contributed by atoms with Gasteiger partial charge in [-0.2, -0.15) is 17.0 Å². The summed E-state index contributed by atoms with van der Waals surface area (Å²) in [7, 11) is -0.414. The van der Waals surface area contributed by atoms with Crippen LogP contribution in [0.4, 0.5) is 0 Å². The Morgan fingerprint density at radius 2 is 1.79 bits per heavy atom. The van der Waals surface area contributed by atoms with Crippen LogP contribution in [0.5, 0.6) is 5.75 Å². The van der Waals surface area contributed by atoms with Crippen molar-refractivity contribution >= 4 is 16.1 Å². The number of carbonyl (C=O) groups excluding carboxylic acids is 1. The standard InChI is InChI=1S/C16H23N3O4S/c1-17(2)24(22,23)18-9-12-3-6-14(11-18)19(10-12)16(21)13-4-7-15(20)8-5-13/h4-5,7-8,12,14,20H,3,6,9-11H2,1-2H3/t12-,14+/m0/s1. The topological polar surface area (TPSA) is 81.2 Å². The molecule has 1 N–H and O–H groups in total. The Kier molecular flexibility index (Phi) is 4.54. The second kappa shape index (κ2) is 6.34. The molecule has 24 heavy (non-hydrogen) atoms. The van der Waals surface area contributed by atoms with E-state index in [1.165, 1.54) is 34.8 Å². The lowest BCUT2D eigenvalue weighted by atomic mass is 9.94. The van der Waals surface area contributed by atoms with Gasteiger partial charge >= 0.3 is 0 Å². The van der Waals surface area contributed by atoms with E-state index in [-0.39, 0.29) is 23.6 Å². The first-order valence-electron chi connectivity index (χ1n) is 8.06. The van der Waals surface area contributed by atoms with Gasteiger partial charge in [0.05, 0.1) is 0 Å². The molecule has 0 aromatic heterocycles. The Morgan fingerprint density at radius 1 is 1.12 bits per heavy atom. The number of hydrogen-bond acceptors (Lipinski definition) is 4. The van der Waals surface area contributed by atoms with Crippen LogP contribution < -0.4 is 0 Å². The first kappa shape index (κ1) is 17.2. The highest BCUT2D eigenvalue weighted by Crippen LogP contribution is 2.31. The minimum absolute atomic E-state index is 0.103. The van der Waals surface area contributed by atoms with Crippen LogP contribution in [0.2, 0.25) is 0 Å². The van der Waals surface area contributed by atoms with Crippen LogP contribution in [0.1, 0.15) is 23.2 Å². The third-order valence-electron chi connectivity index (χ3n) is 4.84. The van der Waals surface area contributed by atoms with Crippen LogP contribution >= 0.6 is 0 Å². The number of fused-ring (bicyclic) bond motifs is 4. The summed E-state index contributed by atoms with van der Waals surface area (Å²) < 4.78 is 27.6. The number of benzene rings is 1. The van der Waals surface area contributed by atoms with Crippen LogP contribution in [0.3, 0.4) is 0 Å². The third kappa shape index (κ3) is 3.13. The Labute approximate surface area is 142 Å². The SMILES string of the molecule is CN(C)S(=O)(=O)N1C[C@@H]2CC[C@H](C1)N(C(=O)c1ccc(O)cc1)C2. The molecule has 0 aliphatic carbocycles. The minimum atomic E-state index is -3.47. The fourth-order valence-electron chi connectivity index (χ4n) is 3.48. The molecule has 4 rings (SSSR count). The maximum absolute atomic E-state index is 12.8. The molecule has 0 unspecified atom stereocenters. The zero-order chi connectivity index (χ0) is 17.5. The van der Waals surface area contributed by atoms with Crippen molar-refractivity contribution in [2.45, 2.75) is 18.9 Å². The van der Waals surface area contributed by atoms with Gasteiger partial charge in [0.1, 0.15) is 5.75 Å². The van der Waals surface area contributed by atoms with Crippen LogP contribution in [-0.2, 0) is 10.2 Å². The summed E-state index contributed by atoms with van der Waals surface area (Å²) in [5, 5.41) is 9.37. The monoisotopic (exact) mass is 353 g/mol. The van der Waals surface area contributed by atoms with Crippen molar-refractivity contribution in [1.29, 1.82) is 0 Å². The number of phenols is 1. The lowest BCUT2D eigenvalue weighted by molar-refractivity contribution is 0.0588. The number of carbonyl (C=O) groups is 1. The highest BCUT2D eigenvalue weighted by molar-refractivity contribution is 7.86. The molecule has 3 fully saturated rings. The van der Waals surface area contributed by atoms with Crippen molar-refractivity contribution in [3.63, 3.8) is 0 Å². The molecule has 1 amide bonds. The van der Waals surface area contributed by atoms with Crippen molar-refractivity contribution in [3.05, 3.63) is 29.8 Å². The summed E-state index contributed by atoms with van der Waals surface area (Å²) >= 11 is 0. The van der Waals surface area contributed by atoms with Crippen molar-refractivity contribution in [2.24, 2.45) is 5.92 Å². The largest absolute Gasteiger partial charge is 0.508 e. The summed E-state index contributed by atoms with van der Waals surface area (Å²) in [6.07, 6.45) is 1.75. The molecule has 3 aliphatic rings. The molecular formula is C16H23N3O4S. The summed E-state index contributed by atoms with van der Waals surface area (Å²) in [6.45, 7) is 1.36. The molecule has 3 saturated heterocycles. The highest BCUT2D eigenvalue weighted by Gasteiger charge is 2.41. The second-order valence-electron chi connectivity index (χ2n) is 6.71. The van der Waals surface area contributed by atoms with E-state index in [1.807, 2.05) is 0 Å². The Morgan fingerprint density at radius 3 is 2.42 bits per heavy atom. The van der Waals surface area contributed by atoms with Crippen molar-refractivity contribution in [1.82, 2.24) is 13.5 Å². The van der Waals surface area contributed by atoms with E-state index in [4.69, 9.17) is 0 Å². The van der Waals surface area contributed by atoms with Crippen LogP contribution in [-0.4, -0.2) is 72.7 Å². The maximum Gasteiger partial charge on any atom is 0.281 e. The van der Waals surface area contributed by atoms with Gasteiger partial charge in [0.2, 0.25) is 0 Å². The fourth-order valence-corrected chi connectivity index (χ4v) is 4.70. The molecule has 2 bridgehead atoms. The molecule has 2 atom stereocenters. The highest BCUT2D eigenvalue weighted by atomic mass is 32.2. The molecule has 3 aliphatic heterocycles. The van der Waals surface area contributed by atoms with Gasteiger partial charge in [-0.15, -0.1) is 0 Å². The van der Waals surface area contributed by atoms with E-state index in [0.717, 1.165) is 12.8 Å². The number of hydrogen-bond donors (Lipinski definition) is 1. The normalized spacial score (nSPS) is 25.0. The molecule has 8 heteroatoms. The van der Waals surface area contributed by atoms with E-state index in [9.17, 15) is 18.3 Å². The summed E-state index contributed by atoms with van der Waals surface area (Å²) in [4.78, 5) is 14.6. The maximum atomic E-state index is 12.8. The zero-order valence-electron chi connectivity index (χ0n) is 13.9. The molecule has 0 spiro atoms. The van der Waals surface area contributed by atoms with E-state index < -0.39 is 10.2 Å². The van der Waals surface area contributed by atoms with Crippen molar-refractivity contribution < 1.29 is 18.3 Å². The number of aromatic hydroxyl groups is 1. The molecule has 3 heterocycles. The minimum Gasteiger partial charge on any atom is -0.508 e. The van der Waals surface area contributed by atoms with Crippen molar-refractivity contribution in [3.8, 4) is 5.75 Å². The number of amides is 1. The van der Waals surface area contributed by atoms with Gasteiger partial charge in [-0.1, -0.05) is 0 Å². The molecule has 1 aromatic carbocycles. The summed E-state index contributed by atoms with van der Waals surface area (Å²) in [5.41, 5.74) is 0.516. The van der Waals surface area contributed by atoms with Crippen LogP contribution in [0, 0.1) is 5.92 Å². The lowest BCUT2D eigenvalue weighted by Gasteiger charge is -2.36. The molecular weight excluding hydrogens is 330 g/mol. The first-order chi connectivity index (χ1) is 11.3. The predicted molar refractivity (Wildman–Crippen MR) is 89.8 cm³/mol. The Bertz CT molecular complexity index is 717. The van der Waals surface area contributed by atoms with Gasteiger partial charge < -0.3 is 10.0 Å². The number of phenolic OH excluding ortho intramolecular Hbond substituents is 1. The molecule has 1 aromatic rings. The zero-order valence-corrected chi connectivity index (χ0v) is 14.7. The Hall–Kier alpha value is -1.64. The summed E-state index contributed by atoms with van der Waals surface area (Å²) in [6, 6.07) is 6.08. The van der Waals surface area contributed by atoms with Gasteiger partial charge in [-0.3, -0.25) is 4.79 Å². The number of rotatable bonds is 3. The van der Waals surface area contributed by atoms with Gasteiger partial charge in [0.25, 0.3) is 16.1 Å². The average Bonchev–Trinajstić information content (AvgIpc) is 2.87. The lowest BCUT2D eigenvalue weighted by Crippen LogP contribution is -2.48. The molecule has 7 nitrogen and oxygen atoms in total. The van der Waals surface area contributed by atoms with Crippen molar-refractivity contribution in [2.75, 3.05) is 33.7 Å². The average molecular weight is 353 g/mol. The van der Waals surface area contributed by atoms with Gasteiger partial charge in [0, 0.05) is 45.3 Å². The van der Waals surface area contributed by atoms with Gasteiger partial charge in [0.15, 0.2) is 0 Å². The molecule has 0 saturated carbocycles. The van der Waals surface area contributed by atoms with E-state index in [1.54, 1.807) is 17.0 Å². The quantitative estimate of drug-likeness (QED) is 0.869. The predicted octanol–water partition coefficient (Wildman–Crippen LogP) is 0.735. The fraction of sp³-hybridized carbons (Fsp3) is 0.562. The van der Waals surface area contributed by atoms with E-state index in [2.05, 4.69) is 0 Å². The summed E-state index contributed by atoms with van der Waals surface area (Å²) in [5.74, 6) is 0.167. The van der Waals surface area contributed by atoms with Crippen LogP contribution in [0.15, 0.2) is 24.3 Å². The van der Waals surface area contributed by atoms with Crippen LogP contribution in [0.25, 0.3) is 0 Å². The number of piperidine rings is 1. The van der Waals surface area contributed by atoms with Gasteiger partial charge in [-0.05, 0) is 43.0 Å². The second-order valence-corrected chi connectivity index (χ2v) is 8.85. The smallest absolute Gasteiger partial charge is 0.281 e. The van der Waals surface area contributed by atoms with E-state index >= 15 is 0 Å².